The number of hydrogen-bond donors (Lipinski definition) is 3. The third-order valence-corrected chi connectivity index (χ3v) is 20.8. The maximum absolute atomic E-state index is 13.1. The van der Waals surface area contributed by atoms with Crippen molar-refractivity contribution in [2.75, 3.05) is 39.6 Å². The highest BCUT2D eigenvalue weighted by Gasteiger charge is 2.30. The van der Waals surface area contributed by atoms with E-state index in [2.05, 4.69) is 55.4 Å². The van der Waals surface area contributed by atoms with Crippen molar-refractivity contribution < 1.29 is 80.2 Å². The molecule has 0 rings (SSSR count). The molecule has 99 heavy (non-hydrogen) atoms. The Balaban J connectivity index is 5.12. The van der Waals surface area contributed by atoms with Gasteiger partial charge >= 0.3 is 39.5 Å². The van der Waals surface area contributed by atoms with Crippen LogP contribution < -0.4 is 0 Å². The second kappa shape index (κ2) is 69.1. The van der Waals surface area contributed by atoms with Crippen molar-refractivity contribution in [1.29, 1.82) is 0 Å². The summed E-state index contributed by atoms with van der Waals surface area (Å²) in [4.78, 5) is 72.8. The molecule has 0 aromatic heterocycles. The Kier molecular flexibility index (Phi) is 67.8. The SMILES string of the molecule is CCC(C)CCCCCCCCC(=O)O[C@H](COC(=O)CCCCCCCCCCCCCCCCCCC(C)C)COP(=O)(O)OCC(O)COP(=O)(O)OC[C@@H](COC(=O)CCCCCCCCC(C)C)OC(=O)CCCCCCCCCCCCCCCCCCCCC(C)C. The van der Waals surface area contributed by atoms with Crippen LogP contribution in [0.25, 0.3) is 0 Å². The lowest BCUT2D eigenvalue weighted by Crippen LogP contribution is -2.30. The van der Waals surface area contributed by atoms with Crippen molar-refractivity contribution in [3.05, 3.63) is 0 Å². The maximum Gasteiger partial charge on any atom is 0.472 e. The molecule has 0 amide bonds. The summed E-state index contributed by atoms with van der Waals surface area (Å²) >= 11 is 0. The number of aliphatic hydroxyl groups is 1. The van der Waals surface area contributed by atoms with Crippen LogP contribution in [-0.4, -0.2) is 96.7 Å². The predicted molar refractivity (Wildman–Crippen MR) is 404 cm³/mol. The summed E-state index contributed by atoms with van der Waals surface area (Å²) in [6, 6.07) is 0. The number of carbonyl (C=O) groups is 4. The molecular weight excluding hydrogens is 1290 g/mol. The van der Waals surface area contributed by atoms with E-state index in [0.29, 0.717) is 31.6 Å². The van der Waals surface area contributed by atoms with Crippen molar-refractivity contribution >= 4 is 39.5 Å². The molecule has 0 heterocycles. The Labute approximate surface area is 607 Å². The van der Waals surface area contributed by atoms with E-state index in [1.54, 1.807) is 0 Å². The summed E-state index contributed by atoms with van der Waals surface area (Å²) in [7, 11) is -9.92. The van der Waals surface area contributed by atoms with Crippen LogP contribution in [0, 0.1) is 23.7 Å². The fourth-order valence-corrected chi connectivity index (χ4v) is 13.8. The van der Waals surface area contributed by atoms with E-state index in [1.165, 1.54) is 205 Å². The quantitative estimate of drug-likeness (QED) is 0.0222. The predicted octanol–water partition coefficient (Wildman–Crippen LogP) is 23.6. The van der Waals surface area contributed by atoms with E-state index < -0.39 is 97.5 Å². The summed E-state index contributed by atoms with van der Waals surface area (Å²) in [6.45, 7) is 14.2. The highest BCUT2D eigenvalue weighted by Crippen LogP contribution is 2.45. The number of phosphoric acid groups is 2. The maximum atomic E-state index is 13.1. The van der Waals surface area contributed by atoms with Gasteiger partial charge in [0, 0.05) is 25.7 Å². The molecule has 0 bridgehead atoms. The molecule has 588 valence electrons. The third-order valence-electron chi connectivity index (χ3n) is 18.9. The first-order chi connectivity index (χ1) is 47.6. The fraction of sp³-hybridized carbons (Fsp3) is 0.950. The molecule has 0 radical (unpaired) electrons. The highest BCUT2D eigenvalue weighted by atomic mass is 31.2. The largest absolute Gasteiger partial charge is 0.472 e. The van der Waals surface area contributed by atoms with Gasteiger partial charge in [-0.05, 0) is 49.4 Å². The molecule has 6 atom stereocenters. The van der Waals surface area contributed by atoms with Crippen LogP contribution in [0.3, 0.4) is 0 Å². The van der Waals surface area contributed by atoms with E-state index in [9.17, 15) is 43.2 Å². The van der Waals surface area contributed by atoms with E-state index >= 15 is 0 Å². The molecule has 17 nitrogen and oxygen atoms in total. The average Bonchev–Trinajstić information content (AvgIpc) is 0.977. The topological polar surface area (TPSA) is 237 Å². The van der Waals surface area contributed by atoms with E-state index in [4.69, 9.17) is 37.0 Å². The molecule has 19 heteroatoms. The number of ether oxygens (including phenoxy) is 4. The number of esters is 4. The van der Waals surface area contributed by atoms with Gasteiger partial charge < -0.3 is 33.8 Å². The van der Waals surface area contributed by atoms with Crippen LogP contribution >= 0.6 is 15.6 Å². The second-order valence-electron chi connectivity index (χ2n) is 30.5. The third kappa shape index (κ3) is 72.8. The molecule has 0 aromatic carbocycles. The van der Waals surface area contributed by atoms with Crippen LogP contribution in [0.2, 0.25) is 0 Å². The van der Waals surface area contributed by atoms with Crippen molar-refractivity contribution in [3.63, 3.8) is 0 Å². The number of unbranched alkanes of at least 4 members (excludes halogenated alkanes) is 42. The minimum atomic E-state index is -4.96. The van der Waals surface area contributed by atoms with Crippen LogP contribution in [0.15, 0.2) is 0 Å². The normalized spacial score (nSPS) is 14.3. The molecule has 0 fully saturated rings. The Morgan fingerprint density at radius 1 is 0.283 bits per heavy atom. The van der Waals surface area contributed by atoms with Gasteiger partial charge in [-0.2, -0.15) is 0 Å². The van der Waals surface area contributed by atoms with Crippen LogP contribution in [0.4, 0.5) is 0 Å². The van der Waals surface area contributed by atoms with Gasteiger partial charge in [-0.3, -0.25) is 37.3 Å². The van der Waals surface area contributed by atoms with Gasteiger partial charge in [-0.15, -0.1) is 0 Å². The van der Waals surface area contributed by atoms with E-state index in [1.807, 2.05) is 0 Å². The lowest BCUT2D eigenvalue weighted by atomic mass is 10.00. The molecule has 0 aromatic rings. The molecule has 0 saturated carbocycles. The van der Waals surface area contributed by atoms with Gasteiger partial charge in [0.15, 0.2) is 12.2 Å². The second-order valence-corrected chi connectivity index (χ2v) is 33.4. The summed E-state index contributed by atoms with van der Waals surface area (Å²) in [5.74, 6) is 0.911. The zero-order valence-electron chi connectivity index (χ0n) is 65.1. The number of hydrogen-bond acceptors (Lipinski definition) is 15. The van der Waals surface area contributed by atoms with Gasteiger partial charge in [-0.25, -0.2) is 9.13 Å². The van der Waals surface area contributed by atoms with Gasteiger partial charge in [0.2, 0.25) is 0 Å². The average molecular weight is 1450 g/mol. The van der Waals surface area contributed by atoms with Gasteiger partial charge in [0.1, 0.15) is 19.3 Å². The Morgan fingerprint density at radius 3 is 0.717 bits per heavy atom. The Hall–Kier alpha value is -1.94. The summed E-state index contributed by atoms with van der Waals surface area (Å²) in [5, 5.41) is 10.6. The lowest BCUT2D eigenvalue weighted by Gasteiger charge is -2.21. The number of carbonyl (C=O) groups excluding carboxylic acids is 4. The standard InChI is InChI=1S/C80H156O17P2/c1-9-73(8)59-51-43-37-39-47-55-63-80(85)97-76(66-90-77(82)60-52-44-34-30-26-22-18-15-14-17-21-25-29-33-41-49-57-71(4)5)69-95-99(88,89)93-65-74(81)64-92-98(86,87)94-68-75(67-91-78(83)61-53-45-38-36-42-50-58-72(6)7)96-79(84)62-54-46-35-31-27-23-19-13-11-10-12-16-20-24-28-32-40-48-56-70(2)3/h70-76,81H,9-69H2,1-8H3,(H,86,87)(H,88,89)/t73?,74?,75-,76-/m1/s1. The first-order valence-electron chi connectivity index (χ1n) is 41.2. The monoisotopic (exact) mass is 1450 g/mol. The summed E-state index contributed by atoms with van der Waals surface area (Å²) in [6.07, 6.45) is 55.9. The molecule has 4 unspecified atom stereocenters. The summed E-state index contributed by atoms with van der Waals surface area (Å²) < 4.78 is 68.6. The number of aliphatic hydroxyl groups excluding tert-OH is 1. The zero-order valence-corrected chi connectivity index (χ0v) is 66.9. The minimum Gasteiger partial charge on any atom is -0.462 e. The molecular formula is C80H156O17P2. The van der Waals surface area contributed by atoms with Crippen molar-refractivity contribution in [2.45, 2.75) is 427 Å². The molecule has 0 aliphatic rings. The zero-order chi connectivity index (χ0) is 73.1. The Morgan fingerprint density at radius 2 is 0.485 bits per heavy atom. The van der Waals surface area contributed by atoms with Crippen molar-refractivity contribution in [3.8, 4) is 0 Å². The van der Waals surface area contributed by atoms with Gasteiger partial charge in [-0.1, -0.05) is 357 Å². The van der Waals surface area contributed by atoms with E-state index in [-0.39, 0.29) is 25.7 Å². The van der Waals surface area contributed by atoms with E-state index in [0.717, 1.165) is 114 Å². The molecule has 0 aliphatic carbocycles. The van der Waals surface area contributed by atoms with Crippen LogP contribution in [-0.2, 0) is 65.4 Å². The smallest absolute Gasteiger partial charge is 0.462 e. The fourth-order valence-electron chi connectivity index (χ4n) is 12.2. The highest BCUT2D eigenvalue weighted by molar-refractivity contribution is 7.47. The lowest BCUT2D eigenvalue weighted by molar-refractivity contribution is -0.161. The minimum absolute atomic E-state index is 0.103. The number of rotatable bonds is 77. The molecule has 3 N–H and O–H groups in total. The first-order valence-corrected chi connectivity index (χ1v) is 44.2. The molecule has 0 aliphatic heterocycles. The Bertz CT molecular complexity index is 1940. The first kappa shape index (κ1) is 97.1. The van der Waals surface area contributed by atoms with Gasteiger partial charge in [0.05, 0.1) is 26.4 Å². The van der Waals surface area contributed by atoms with Gasteiger partial charge in [0.25, 0.3) is 0 Å². The van der Waals surface area contributed by atoms with Crippen molar-refractivity contribution in [2.24, 2.45) is 23.7 Å². The molecule has 0 spiro atoms. The summed E-state index contributed by atoms with van der Waals surface area (Å²) in [5.41, 5.74) is 0. The van der Waals surface area contributed by atoms with Crippen molar-refractivity contribution in [1.82, 2.24) is 0 Å². The van der Waals surface area contributed by atoms with Crippen LogP contribution in [0.5, 0.6) is 0 Å². The number of phosphoric ester groups is 2. The molecule has 0 saturated heterocycles. The van der Waals surface area contributed by atoms with Crippen LogP contribution in [0.1, 0.15) is 409 Å².